The highest BCUT2D eigenvalue weighted by Gasteiger charge is 2.17. The van der Waals surface area contributed by atoms with Gasteiger partial charge in [-0.3, -0.25) is 0 Å². The molecule has 74 valence electrons. The van der Waals surface area contributed by atoms with Crippen LogP contribution in [0.15, 0.2) is 0 Å². The first-order valence-corrected chi connectivity index (χ1v) is 4.85. The highest BCUT2D eigenvalue weighted by atomic mass is 16.5. The average molecular weight is 174 g/mol. The van der Waals surface area contributed by atoms with Crippen LogP contribution in [0.25, 0.3) is 0 Å². The van der Waals surface area contributed by atoms with Crippen molar-refractivity contribution in [3.05, 3.63) is 0 Å². The second-order valence-corrected chi connectivity index (χ2v) is 3.75. The third kappa shape index (κ3) is 4.73. The highest BCUT2D eigenvalue weighted by Crippen LogP contribution is 2.14. The number of aliphatic hydroxyl groups excluding tert-OH is 1. The Morgan fingerprint density at radius 3 is 2.25 bits per heavy atom. The summed E-state index contributed by atoms with van der Waals surface area (Å²) < 4.78 is 5.27. The smallest absolute Gasteiger partial charge is 0.0801 e. The average Bonchev–Trinajstić information content (AvgIpc) is 2.03. The summed E-state index contributed by atoms with van der Waals surface area (Å²) in [7, 11) is 0. The van der Waals surface area contributed by atoms with Crippen LogP contribution >= 0.6 is 0 Å². The first-order chi connectivity index (χ1) is 5.59. The maximum Gasteiger partial charge on any atom is 0.0801 e. The second kappa shape index (κ2) is 6.44. The van der Waals surface area contributed by atoms with Crippen molar-refractivity contribution < 1.29 is 9.84 Å². The van der Waals surface area contributed by atoms with E-state index in [-0.39, 0.29) is 6.10 Å². The summed E-state index contributed by atoms with van der Waals surface area (Å²) in [5, 5.41) is 9.59. The van der Waals surface area contributed by atoms with Gasteiger partial charge in [-0.2, -0.15) is 0 Å². The highest BCUT2D eigenvalue weighted by molar-refractivity contribution is 4.66. The molecule has 1 N–H and O–H groups in total. The Morgan fingerprint density at radius 2 is 1.83 bits per heavy atom. The molecule has 0 radical (unpaired) electrons. The van der Waals surface area contributed by atoms with E-state index < -0.39 is 0 Å². The summed E-state index contributed by atoms with van der Waals surface area (Å²) in [5.74, 6) is 0.840. The first-order valence-electron chi connectivity index (χ1n) is 4.85. The molecule has 0 aliphatic heterocycles. The van der Waals surface area contributed by atoms with Gasteiger partial charge in [0.25, 0.3) is 0 Å². The Kier molecular flexibility index (Phi) is 6.39. The lowest BCUT2D eigenvalue weighted by molar-refractivity contribution is -0.00191. The van der Waals surface area contributed by atoms with Gasteiger partial charge in [-0.1, -0.05) is 27.7 Å². The van der Waals surface area contributed by atoms with E-state index in [0.29, 0.717) is 18.4 Å². The Balaban J connectivity index is 3.49. The molecule has 0 aromatic heterocycles. The molecule has 0 saturated carbocycles. The quantitative estimate of drug-likeness (QED) is 0.625. The molecule has 2 nitrogen and oxygen atoms in total. The van der Waals surface area contributed by atoms with E-state index in [2.05, 4.69) is 27.7 Å². The van der Waals surface area contributed by atoms with Crippen molar-refractivity contribution in [1.82, 2.24) is 0 Å². The Labute approximate surface area is 75.9 Å². The summed E-state index contributed by atoms with van der Waals surface area (Å²) in [6.45, 7) is 9.60. The summed E-state index contributed by atoms with van der Waals surface area (Å²) in [5.41, 5.74) is 0. The Morgan fingerprint density at radius 1 is 1.25 bits per heavy atom. The van der Waals surface area contributed by atoms with E-state index in [1.807, 2.05) is 0 Å². The minimum atomic E-state index is -0.309. The van der Waals surface area contributed by atoms with Crippen LogP contribution in [0.5, 0.6) is 0 Å². The molecule has 0 fully saturated rings. The molecule has 0 bridgehead atoms. The zero-order valence-corrected chi connectivity index (χ0v) is 8.71. The largest absolute Gasteiger partial charge is 0.390 e. The fourth-order valence-corrected chi connectivity index (χ4v) is 0.944. The van der Waals surface area contributed by atoms with Gasteiger partial charge in [0.05, 0.1) is 12.7 Å². The minimum Gasteiger partial charge on any atom is -0.390 e. The second-order valence-electron chi connectivity index (χ2n) is 3.75. The van der Waals surface area contributed by atoms with Gasteiger partial charge in [0.2, 0.25) is 0 Å². The Bertz CT molecular complexity index is 102. The molecule has 0 aromatic carbocycles. The lowest BCUT2D eigenvalue weighted by Crippen LogP contribution is -2.27. The normalized spacial score (nSPS) is 16.5. The maximum absolute atomic E-state index is 9.59. The van der Waals surface area contributed by atoms with Crippen molar-refractivity contribution in [3.8, 4) is 0 Å². The topological polar surface area (TPSA) is 29.5 Å². The lowest BCUT2D eigenvalue weighted by Gasteiger charge is -2.21. The number of ether oxygens (including phenoxy) is 1. The van der Waals surface area contributed by atoms with Crippen LogP contribution in [-0.2, 0) is 4.74 Å². The number of rotatable bonds is 6. The minimum absolute atomic E-state index is 0.309. The van der Waals surface area contributed by atoms with E-state index in [1.54, 1.807) is 0 Å². The molecule has 0 aliphatic rings. The summed E-state index contributed by atoms with van der Waals surface area (Å²) in [4.78, 5) is 0. The SMILES string of the molecule is CCCOCC(O)C(C)C(C)C. The molecule has 2 atom stereocenters. The molecular weight excluding hydrogens is 152 g/mol. The fraction of sp³-hybridized carbons (Fsp3) is 1.00. The van der Waals surface area contributed by atoms with Crippen LogP contribution in [0, 0.1) is 11.8 Å². The fourth-order valence-electron chi connectivity index (χ4n) is 0.944. The molecule has 0 amide bonds. The number of hydrogen-bond acceptors (Lipinski definition) is 2. The predicted molar refractivity (Wildman–Crippen MR) is 51.1 cm³/mol. The molecule has 12 heavy (non-hydrogen) atoms. The van der Waals surface area contributed by atoms with Gasteiger partial charge in [-0.05, 0) is 18.3 Å². The van der Waals surface area contributed by atoms with Crippen LogP contribution in [0.1, 0.15) is 34.1 Å². The standard InChI is InChI=1S/C10H22O2/c1-5-6-12-7-10(11)9(4)8(2)3/h8-11H,5-7H2,1-4H3. The van der Waals surface area contributed by atoms with Crippen molar-refractivity contribution >= 4 is 0 Å². The summed E-state index contributed by atoms with van der Waals surface area (Å²) in [6.07, 6.45) is 0.708. The predicted octanol–water partition coefficient (Wildman–Crippen LogP) is 2.07. The van der Waals surface area contributed by atoms with Gasteiger partial charge in [0, 0.05) is 6.61 Å². The van der Waals surface area contributed by atoms with Gasteiger partial charge >= 0.3 is 0 Å². The van der Waals surface area contributed by atoms with Crippen molar-refractivity contribution in [1.29, 1.82) is 0 Å². The third-order valence-electron chi connectivity index (χ3n) is 2.30. The van der Waals surface area contributed by atoms with Gasteiger partial charge in [0.1, 0.15) is 0 Å². The first kappa shape index (κ1) is 11.9. The van der Waals surface area contributed by atoms with Gasteiger partial charge in [0.15, 0.2) is 0 Å². The van der Waals surface area contributed by atoms with E-state index in [1.165, 1.54) is 0 Å². The molecule has 0 aliphatic carbocycles. The van der Waals surface area contributed by atoms with E-state index in [0.717, 1.165) is 13.0 Å². The monoisotopic (exact) mass is 174 g/mol. The van der Waals surface area contributed by atoms with Gasteiger partial charge in [-0.15, -0.1) is 0 Å². The van der Waals surface area contributed by atoms with Crippen LogP contribution in [-0.4, -0.2) is 24.4 Å². The van der Waals surface area contributed by atoms with E-state index in [4.69, 9.17) is 4.74 Å². The third-order valence-corrected chi connectivity index (χ3v) is 2.30. The van der Waals surface area contributed by atoms with Gasteiger partial charge < -0.3 is 9.84 Å². The number of aliphatic hydroxyl groups is 1. The molecule has 0 heterocycles. The maximum atomic E-state index is 9.59. The molecule has 2 heteroatoms. The molecule has 0 spiro atoms. The molecule has 2 unspecified atom stereocenters. The summed E-state index contributed by atoms with van der Waals surface area (Å²) in [6, 6.07) is 0. The van der Waals surface area contributed by atoms with Crippen molar-refractivity contribution in [2.75, 3.05) is 13.2 Å². The number of hydrogen-bond donors (Lipinski definition) is 1. The van der Waals surface area contributed by atoms with Crippen molar-refractivity contribution in [3.63, 3.8) is 0 Å². The zero-order chi connectivity index (χ0) is 9.56. The Hall–Kier alpha value is -0.0800. The van der Waals surface area contributed by atoms with Crippen molar-refractivity contribution in [2.24, 2.45) is 11.8 Å². The van der Waals surface area contributed by atoms with E-state index >= 15 is 0 Å². The van der Waals surface area contributed by atoms with E-state index in [9.17, 15) is 5.11 Å². The molecule has 0 saturated heterocycles. The van der Waals surface area contributed by atoms with Crippen LogP contribution in [0.2, 0.25) is 0 Å². The van der Waals surface area contributed by atoms with Crippen molar-refractivity contribution in [2.45, 2.75) is 40.2 Å². The van der Waals surface area contributed by atoms with Crippen LogP contribution in [0.4, 0.5) is 0 Å². The van der Waals surface area contributed by atoms with Crippen LogP contribution in [0.3, 0.4) is 0 Å². The lowest BCUT2D eigenvalue weighted by atomic mass is 9.93. The summed E-state index contributed by atoms with van der Waals surface area (Å²) >= 11 is 0. The molecular formula is C10H22O2. The molecule has 0 aromatic rings. The zero-order valence-electron chi connectivity index (χ0n) is 8.71. The van der Waals surface area contributed by atoms with Crippen LogP contribution < -0.4 is 0 Å². The van der Waals surface area contributed by atoms with Gasteiger partial charge in [-0.25, -0.2) is 0 Å². The molecule has 0 rings (SSSR count).